The molecule has 0 amide bonds. The van der Waals surface area contributed by atoms with Crippen molar-refractivity contribution < 1.29 is 45.7 Å². The number of halogens is 5. The molecule has 5 nitrogen and oxygen atoms in total. The number of rotatable bonds is 8. The molecule has 0 spiro atoms. The van der Waals surface area contributed by atoms with Crippen molar-refractivity contribution in [3.8, 4) is 28.0 Å². The number of hydrogen-bond donors (Lipinski definition) is 1. The molecule has 1 heterocycles. The van der Waals surface area contributed by atoms with Crippen LogP contribution >= 0.6 is 0 Å². The summed E-state index contributed by atoms with van der Waals surface area (Å²) in [5.74, 6) is -0.501. The van der Waals surface area contributed by atoms with Crippen LogP contribution in [0.5, 0.6) is 5.75 Å². The Balaban J connectivity index is 1.87. The standard InChI is InChI=1S/C22H23F4IN3O2Si/c1-33(2,3)9-8-31-27-32-20-11-16(22(24,25)26)5-7-18(20)14-4-6-17(19(23)10-14)15-12-29-21(28)30-13-15/h4-7,10-13H,8-9H2,1-3H3,(H2,28,29,30)/q-1. The summed E-state index contributed by atoms with van der Waals surface area (Å²) < 4.78 is 65.9. The van der Waals surface area contributed by atoms with Crippen LogP contribution in [-0.4, -0.2) is 24.6 Å². The summed E-state index contributed by atoms with van der Waals surface area (Å²) in [4.78, 5) is 7.71. The van der Waals surface area contributed by atoms with Crippen LogP contribution < -0.4 is 30.8 Å². The number of nitrogens with two attached hydrogens (primary N) is 1. The molecule has 0 saturated carbocycles. The molecular formula is C22H23F4IN3O2Si-. The van der Waals surface area contributed by atoms with Crippen molar-refractivity contribution in [2.45, 2.75) is 31.9 Å². The van der Waals surface area contributed by atoms with E-state index >= 15 is 0 Å². The molecule has 0 aliphatic carbocycles. The molecule has 3 rings (SSSR count). The zero-order chi connectivity index (χ0) is 24.2. The van der Waals surface area contributed by atoms with Gasteiger partial charge in [-0.25, -0.2) is 0 Å². The van der Waals surface area contributed by atoms with Crippen LogP contribution in [0.2, 0.25) is 25.7 Å². The summed E-state index contributed by atoms with van der Waals surface area (Å²) in [6, 6.07) is 8.45. The SMILES string of the molecule is C[Si](C)(C)CCO[I-]Oc1cc(C(F)(F)F)ccc1-c1ccc(-c2cnc(N)nc2)c(F)c1. The molecule has 1 aromatic heterocycles. The number of nitrogen functional groups attached to an aromatic ring is 1. The molecular weight excluding hydrogens is 569 g/mol. The fraction of sp³-hybridized carbons (Fsp3) is 0.273. The Labute approximate surface area is 201 Å². The van der Waals surface area contributed by atoms with Crippen LogP contribution in [0.1, 0.15) is 5.56 Å². The number of anilines is 1. The number of nitrogens with zero attached hydrogens (tertiary/aromatic N) is 2. The average molecular weight is 592 g/mol. The Bertz CT molecular complexity index is 1110. The monoisotopic (exact) mass is 592 g/mol. The van der Waals surface area contributed by atoms with Crippen molar-refractivity contribution in [2.24, 2.45) is 0 Å². The molecule has 33 heavy (non-hydrogen) atoms. The van der Waals surface area contributed by atoms with Crippen molar-refractivity contribution in [1.29, 1.82) is 0 Å². The van der Waals surface area contributed by atoms with Gasteiger partial charge in [-0.05, 0) is 0 Å². The number of alkyl halides is 3. The first-order valence-electron chi connectivity index (χ1n) is 9.97. The molecule has 0 radical (unpaired) electrons. The normalized spacial score (nSPS) is 12.2. The van der Waals surface area contributed by atoms with Gasteiger partial charge in [-0.15, -0.1) is 0 Å². The maximum atomic E-state index is 14.9. The fourth-order valence-corrected chi connectivity index (χ4v) is 5.04. The van der Waals surface area contributed by atoms with Crippen LogP contribution in [0.15, 0.2) is 48.8 Å². The van der Waals surface area contributed by atoms with Gasteiger partial charge in [0.25, 0.3) is 0 Å². The van der Waals surface area contributed by atoms with Gasteiger partial charge >= 0.3 is 202 Å². The molecule has 2 aromatic carbocycles. The average Bonchev–Trinajstić information content (AvgIpc) is 2.73. The van der Waals surface area contributed by atoms with Gasteiger partial charge in [0, 0.05) is 0 Å². The zero-order valence-electron chi connectivity index (χ0n) is 18.2. The minimum absolute atomic E-state index is 0.00796. The number of aromatic nitrogens is 2. The van der Waals surface area contributed by atoms with Gasteiger partial charge in [-0.1, -0.05) is 0 Å². The second-order valence-corrected chi connectivity index (χ2v) is 15.5. The molecule has 0 aliphatic rings. The summed E-state index contributed by atoms with van der Waals surface area (Å²) >= 11 is -1.29. The molecule has 2 N–H and O–H groups in total. The van der Waals surface area contributed by atoms with Crippen LogP contribution in [-0.2, 0) is 9.24 Å². The number of benzene rings is 2. The van der Waals surface area contributed by atoms with Crippen molar-refractivity contribution >= 4 is 14.0 Å². The zero-order valence-corrected chi connectivity index (χ0v) is 21.4. The van der Waals surface area contributed by atoms with Crippen LogP contribution in [0.3, 0.4) is 0 Å². The van der Waals surface area contributed by atoms with E-state index in [4.69, 9.17) is 11.9 Å². The Hall–Kier alpha value is -2.25. The van der Waals surface area contributed by atoms with Crippen LogP contribution in [0, 0.1) is 5.82 Å². The fourth-order valence-electron chi connectivity index (χ4n) is 2.83. The van der Waals surface area contributed by atoms with E-state index in [1.807, 2.05) is 0 Å². The van der Waals surface area contributed by atoms with E-state index in [0.29, 0.717) is 23.3 Å². The molecule has 11 heteroatoms. The Morgan fingerprint density at radius 3 is 2.24 bits per heavy atom. The summed E-state index contributed by atoms with van der Waals surface area (Å²) in [6.45, 7) is 7.11. The van der Waals surface area contributed by atoms with Gasteiger partial charge in [-0.2, -0.15) is 0 Å². The third-order valence-corrected chi connectivity index (χ3v) is 7.71. The van der Waals surface area contributed by atoms with Gasteiger partial charge in [0.05, 0.1) is 0 Å². The molecule has 0 atom stereocenters. The third-order valence-electron chi connectivity index (χ3n) is 4.66. The first-order chi connectivity index (χ1) is 15.4. The third kappa shape index (κ3) is 7.11. The van der Waals surface area contributed by atoms with E-state index in [2.05, 4.69) is 29.6 Å². The van der Waals surface area contributed by atoms with Crippen molar-refractivity contribution in [3.63, 3.8) is 0 Å². The minimum atomic E-state index is -4.53. The maximum absolute atomic E-state index is 14.9. The van der Waals surface area contributed by atoms with Crippen LogP contribution in [0.4, 0.5) is 23.5 Å². The first kappa shape index (κ1) is 25.4. The van der Waals surface area contributed by atoms with E-state index in [-0.39, 0.29) is 17.3 Å². The predicted molar refractivity (Wildman–Crippen MR) is 117 cm³/mol. The predicted octanol–water partition coefficient (Wildman–Crippen LogP) is 3.20. The van der Waals surface area contributed by atoms with Crippen LogP contribution in [0.25, 0.3) is 22.3 Å². The summed E-state index contributed by atoms with van der Waals surface area (Å²) in [5.41, 5.74) is 6.02. The molecule has 178 valence electrons. The summed E-state index contributed by atoms with van der Waals surface area (Å²) in [5, 5.41) is 0. The summed E-state index contributed by atoms with van der Waals surface area (Å²) in [6.07, 6.45) is -1.73. The Morgan fingerprint density at radius 2 is 1.64 bits per heavy atom. The quantitative estimate of drug-likeness (QED) is 0.189. The van der Waals surface area contributed by atoms with Crippen molar-refractivity contribution in [2.75, 3.05) is 12.3 Å². The molecule has 3 aromatic rings. The molecule has 0 unspecified atom stereocenters. The van der Waals surface area contributed by atoms with Gasteiger partial charge < -0.3 is 0 Å². The molecule has 0 saturated heterocycles. The molecule has 0 aliphatic heterocycles. The molecule has 0 fully saturated rings. The Morgan fingerprint density at radius 1 is 0.970 bits per heavy atom. The van der Waals surface area contributed by atoms with E-state index in [9.17, 15) is 17.6 Å². The number of hydrogen-bond acceptors (Lipinski definition) is 5. The van der Waals surface area contributed by atoms with E-state index < -0.39 is 47.7 Å². The second kappa shape index (κ2) is 10.3. The van der Waals surface area contributed by atoms with Gasteiger partial charge in [0.1, 0.15) is 0 Å². The summed E-state index contributed by atoms with van der Waals surface area (Å²) in [7, 11) is -1.30. The van der Waals surface area contributed by atoms with Crippen molar-refractivity contribution in [1.82, 2.24) is 9.97 Å². The molecule has 0 bridgehead atoms. The second-order valence-electron chi connectivity index (χ2n) is 8.50. The Kier molecular flexibility index (Phi) is 7.95. The van der Waals surface area contributed by atoms with Crippen molar-refractivity contribution in [3.05, 3.63) is 60.2 Å². The van der Waals surface area contributed by atoms with E-state index in [1.54, 1.807) is 6.07 Å². The van der Waals surface area contributed by atoms with Gasteiger partial charge in [0.15, 0.2) is 0 Å². The topological polar surface area (TPSA) is 70.3 Å². The van der Waals surface area contributed by atoms with E-state index in [1.165, 1.54) is 30.6 Å². The van der Waals surface area contributed by atoms with E-state index in [0.717, 1.165) is 18.2 Å². The van der Waals surface area contributed by atoms with Gasteiger partial charge in [0.2, 0.25) is 0 Å². The first-order valence-corrected chi connectivity index (χ1v) is 15.4. The van der Waals surface area contributed by atoms with Gasteiger partial charge in [-0.3, -0.25) is 0 Å².